The second-order valence-electron chi connectivity index (χ2n) is 2.54. The molecule has 0 spiro atoms. The number of alkyl halides is 1. The van der Waals surface area contributed by atoms with Gasteiger partial charge in [0.05, 0.1) is 5.69 Å². The number of benzene rings is 1. The Bertz CT molecular complexity index is 276. The summed E-state index contributed by atoms with van der Waals surface area (Å²) in [6, 6.07) is 9.05. The summed E-state index contributed by atoms with van der Waals surface area (Å²) in [4.78, 5) is 11.3. The summed E-state index contributed by atoms with van der Waals surface area (Å²) in [7, 11) is 0. The number of rotatable bonds is 3. The molecule has 0 aliphatic carbocycles. The zero-order valence-corrected chi connectivity index (χ0v) is 7.87. The Morgan fingerprint density at radius 2 is 2.00 bits per heavy atom. The predicted octanol–water partition coefficient (Wildman–Crippen LogP) is 1.52. The molecular formula is C9H11ClN2O. The molecule has 1 amide bonds. The minimum absolute atomic E-state index is 0.179. The highest BCUT2D eigenvalue weighted by Gasteiger charge is 2.09. The van der Waals surface area contributed by atoms with E-state index in [0.29, 0.717) is 11.6 Å². The van der Waals surface area contributed by atoms with Gasteiger partial charge in [0.25, 0.3) is 0 Å². The summed E-state index contributed by atoms with van der Waals surface area (Å²) in [6.45, 7) is 0. The van der Waals surface area contributed by atoms with Gasteiger partial charge in [-0.2, -0.15) is 0 Å². The molecule has 1 rings (SSSR count). The van der Waals surface area contributed by atoms with E-state index in [2.05, 4.69) is 0 Å². The van der Waals surface area contributed by atoms with Crippen LogP contribution in [-0.4, -0.2) is 11.8 Å². The van der Waals surface area contributed by atoms with Gasteiger partial charge in [-0.3, -0.25) is 4.79 Å². The van der Waals surface area contributed by atoms with E-state index in [9.17, 15) is 4.79 Å². The number of anilines is 1. The Morgan fingerprint density at radius 1 is 1.38 bits per heavy atom. The number of nitrogens with two attached hydrogens (primary N) is 1. The lowest BCUT2D eigenvalue weighted by Crippen LogP contribution is -2.37. The lowest BCUT2D eigenvalue weighted by Gasteiger charge is -2.15. The Morgan fingerprint density at radius 3 is 2.54 bits per heavy atom. The molecule has 0 fully saturated rings. The molecule has 0 aliphatic heterocycles. The molecule has 0 saturated carbocycles. The van der Waals surface area contributed by atoms with Crippen molar-refractivity contribution >= 4 is 23.2 Å². The van der Waals surface area contributed by atoms with Gasteiger partial charge in [0.15, 0.2) is 0 Å². The van der Waals surface area contributed by atoms with E-state index < -0.39 is 0 Å². The van der Waals surface area contributed by atoms with Crippen LogP contribution in [0.5, 0.6) is 0 Å². The summed E-state index contributed by atoms with van der Waals surface area (Å²) in [5, 5.41) is 1.11. The fourth-order valence-corrected chi connectivity index (χ4v) is 1.10. The first-order valence-corrected chi connectivity index (χ1v) is 4.48. The third-order valence-electron chi connectivity index (χ3n) is 1.61. The van der Waals surface area contributed by atoms with Crippen molar-refractivity contribution in [2.45, 2.75) is 6.42 Å². The van der Waals surface area contributed by atoms with Crippen LogP contribution < -0.4 is 10.9 Å². The quantitative estimate of drug-likeness (QED) is 0.347. The van der Waals surface area contributed by atoms with Gasteiger partial charge in [-0.15, -0.1) is 11.6 Å². The molecule has 0 bridgehead atoms. The minimum atomic E-state index is -0.179. The van der Waals surface area contributed by atoms with Crippen LogP contribution in [0.4, 0.5) is 5.69 Å². The standard InChI is InChI=1S/C9H11ClN2O/c10-7-6-9(13)12(11)8-4-2-1-3-5-8/h1-5H,6-7,11H2. The normalized spacial score (nSPS) is 9.69. The first-order valence-electron chi connectivity index (χ1n) is 3.94. The first kappa shape index (κ1) is 10.0. The Hall–Kier alpha value is -1.06. The summed E-state index contributed by atoms with van der Waals surface area (Å²) < 4.78 is 0. The van der Waals surface area contributed by atoms with E-state index in [1.807, 2.05) is 18.2 Å². The molecule has 0 heterocycles. The molecular weight excluding hydrogens is 188 g/mol. The fourth-order valence-electron chi connectivity index (χ4n) is 0.934. The number of nitrogens with zero attached hydrogens (tertiary/aromatic N) is 1. The maximum absolute atomic E-state index is 11.3. The summed E-state index contributed by atoms with van der Waals surface area (Å²) in [5.41, 5.74) is 0.678. The topological polar surface area (TPSA) is 46.3 Å². The number of amides is 1. The highest BCUT2D eigenvalue weighted by atomic mass is 35.5. The van der Waals surface area contributed by atoms with Gasteiger partial charge < -0.3 is 0 Å². The second kappa shape index (κ2) is 4.84. The Kier molecular flexibility index (Phi) is 3.73. The predicted molar refractivity (Wildman–Crippen MR) is 53.5 cm³/mol. The molecule has 70 valence electrons. The van der Waals surface area contributed by atoms with Crippen molar-refractivity contribution in [1.82, 2.24) is 0 Å². The molecule has 0 aliphatic rings. The zero-order chi connectivity index (χ0) is 9.68. The van der Waals surface area contributed by atoms with Gasteiger partial charge in [0.1, 0.15) is 0 Å². The van der Waals surface area contributed by atoms with Crippen molar-refractivity contribution in [3.05, 3.63) is 30.3 Å². The third kappa shape index (κ3) is 2.72. The van der Waals surface area contributed by atoms with E-state index in [1.165, 1.54) is 0 Å². The molecule has 0 saturated heterocycles. The van der Waals surface area contributed by atoms with Gasteiger partial charge in [-0.1, -0.05) is 18.2 Å². The Balaban J connectivity index is 2.68. The molecule has 2 N–H and O–H groups in total. The fraction of sp³-hybridized carbons (Fsp3) is 0.222. The summed E-state index contributed by atoms with van der Waals surface area (Å²) in [6.07, 6.45) is 0.257. The number of hydrogen-bond acceptors (Lipinski definition) is 2. The maximum Gasteiger partial charge on any atom is 0.242 e. The van der Waals surface area contributed by atoms with Crippen LogP contribution in [0.15, 0.2) is 30.3 Å². The SMILES string of the molecule is NN(C(=O)CCCl)c1ccccc1. The minimum Gasteiger partial charge on any atom is -0.273 e. The van der Waals surface area contributed by atoms with Crippen molar-refractivity contribution in [2.24, 2.45) is 5.84 Å². The zero-order valence-electron chi connectivity index (χ0n) is 7.11. The molecule has 3 nitrogen and oxygen atoms in total. The smallest absolute Gasteiger partial charge is 0.242 e. The molecule has 0 unspecified atom stereocenters. The van der Waals surface area contributed by atoms with E-state index in [-0.39, 0.29) is 12.3 Å². The number of hydrazine groups is 1. The average Bonchev–Trinajstić information content (AvgIpc) is 2.18. The highest BCUT2D eigenvalue weighted by Crippen LogP contribution is 2.10. The van der Waals surface area contributed by atoms with E-state index >= 15 is 0 Å². The van der Waals surface area contributed by atoms with Crippen LogP contribution in [0.2, 0.25) is 0 Å². The number of carbonyl (C=O) groups is 1. The number of carbonyl (C=O) groups excluding carboxylic acids is 1. The van der Waals surface area contributed by atoms with Gasteiger partial charge in [-0.05, 0) is 12.1 Å². The van der Waals surface area contributed by atoms with Crippen LogP contribution in [0.3, 0.4) is 0 Å². The van der Waals surface area contributed by atoms with E-state index in [1.54, 1.807) is 12.1 Å². The number of halogens is 1. The molecule has 0 radical (unpaired) electrons. The van der Waals surface area contributed by atoms with E-state index in [0.717, 1.165) is 5.01 Å². The maximum atomic E-state index is 11.3. The largest absolute Gasteiger partial charge is 0.273 e. The van der Waals surface area contributed by atoms with Crippen LogP contribution in [0.1, 0.15) is 6.42 Å². The lowest BCUT2D eigenvalue weighted by atomic mass is 10.3. The molecule has 13 heavy (non-hydrogen) atoms. The van der Waals surface area contributed by atoms with E-state index in [4.69, 9.17) is 17.4 Å². The first-order chi connectivity index (χ1) is 6.25. The molecule has 0 atom stereocenters. The molecule has 1 aromatic rings. The van der Waals surface area contributed by atoms with Crippen molar-refractivity contribution in [3.63, 3.8) is 0 Å². The van der Waals surface area contributed by atoms with Gasteiger partial charge >= 0.3 is 0 Å². The van der Waals surface area contributed by atoms with Gasteiger partial charge in [-0.25, -0.2) is 10.9 Å². The van der Waals surface area contributed by atoms with Crippen molar-refractivity contribution in [3.8, 4) is 0 Å². The average molecular weight is 199 g/mol. The van der Waals surface area contributed by atoms with Crippen molar-refractivity contribution in [2.75, 3.05) is 10.9 Å². The van der Waals surface area contributed by atoms with Crippen LogP contribution in [0.25, 0.3) is 0 Å². The lowest BCUT2D eigenvalue weighted by molar-refractivity contribution is -0.118. The van der Waals surface area contributed by atoms with Crippen LogP contribution in [-0.2, 0) is 4.79 Å². The number of para-hydroxylation sites is 1. The van der Waals surface area contributed by atoms with Crippen LogP contribution >= 0.6 is 11.6 Å². The third-order valence-corrected chi connectivity index (χ3v) is 1.80. The highest BCUT2D eigenvalue weighted by molar-refractivity contribution is 6.19. The molecule has 1 aromatic carbocycles. The Labute approximate surface area is 82.1 Å². The van der Waals surface area contributed by atoms with Crippen LogP contribution in [0, 0.1) is 0 Å². The monoisotopic (exact) mass is 198 g/mol. The van der Waals surface area contributed by atoms with Gasteiger partial charge in [0.2, 0.25) is 5.91 Å². The summed E-state index contributed by atoms with van der Waals surface area (Å²) >= 11 is 5.42. The van der Waals surface area contributed by atoms with Gasteiger partial charge in [0, 0.05) is 12.3 Å². The van der Waals surface area contributed by atoms with Crippen molar-refractivity contribution < 1.29 is 4.79 Å². The molecule has 4 heteroatoms. The summed E-state index contributed by atoms with van der Waals surface area (Å²) in [5.74, 6) is 5.66. The number of hydrogen-bond donors (Lipinski definition) is 1. The van der Waals surface area contributed by atoms with Crippen molar-refractivity contribution in [1.29, 1.82) is 0 Å². The molecule has 0 aromatic heterocycles. The second-order valence-corrected chi connectivity index (χ2v) is 2.92.